The van der Waals surface area contributed by atoms with Gasteiger partial charge >= 0.3 is 0 Å². The highest BCUT2D eigenvalue weighted by Crippen LogP contribution is 2.35. The molecule has 0 spiro atoms. The third kappa shape index (κ3) is 2.75. The highest BCUT2D eigenvalue weighted by molar-refractivity contribution is 5.63. The molecule has 2 aliphatic rings. The second-order valence-corrected chi connectivity index (χ2v) is 5.97. The summed E-state index contributed by atoms with van der Waals surface area (Å²) in [6.07, 6.45) is 7.72. The minimum absolute atomic E-state index is 0.422. The van der Waals surface area contributed by atoms with Gasteiger partial charge in [0.1, 0.15) is 6.33 Å². The Morgan fingerprint density at radius 1 is 1.24 bits per heavy atom. The maximum absolute atomic E-state index is 5.47. The number of fused-ring (bicyclic) bond motifs is 2. The van der Waals surface area contributed by atoms with E-state index in [9.17, 15) is 0 Å². The molecule has 116 valence electrons. The van der Waals surface area contributed by atoms with Crippen molar-refractivity contribution in [3.05, 3.63) is 6.33 Å². The van der Waals surface area contributed by atoms with E-state index < -0.39 is 0 Å². The van der Waals surface area contributed by atoms with E-state index in [1.54, 1.807) is 7.11 Å². The quantitative estimate of drug-likeness (QED) is 0.567. The van der Waals surface area contributed by atoms with Crippen molar-refractivity contribution in [3.63, 3.8) is 0 Å². The summed E-state index contributed by atoms with van der Waals surface area (Å²) in [7, 11) is 3.86. The number of nitrogens with zero attached hydrogens (tertiary/aromatic N) is 3. The number of nitrogen functional groups attached to an aromatic ring is 1. The molecule has 21 heavy (non-hydrogen) atoms. The molecule has 0 aliphatic carbocycles. The molecule has 7 heteroatoms. The van der Waals surface area contributed by atoms with E-state index in [0.29, 0.717) is 35.5 Å². The van der Waals surface area contributed by atoms with Crippen LogP contribution in [-0.2, 0) is 0 Å². The largest absolute Gasteiger partial charge is 0.490 e. The average Bonchev–Trinajstić information content (AvgIpc) is 2.48. The van der Waals surface area contributed by atoms with E-state index >= 15 is 0 Å². The van der Waals surface area contributed by atoms with Crippen LogP contribution in [0.3, 0.4) is 0 Å². The van der Waals surface area contributed by atoms with E-state index in [0.717, 1.165) is 12.8 Å². The molecule has 2 bridgehead atoms. The van der Waals surface area contributed by atoms with E-state index in [4.69, 9.17) is 10.6 Å². The topological polar surface area (TPSA) is 88.3 Å². The molecular weight excluding hydrogens is 268 g/mol. The lowest BCUT2D eigenvalue weighted by atomic mass is 9.82. The fourth-order valence-electron chi connectivity index (χ4n) is 3.70. The third-order valence-corrected chi connectivity index (χ3v) is 4.83. The van der Waals surface area contributed by atoms with Crippen molar-refractivity contribution in [2.75, 3.05) is 24.9 Å². The number of hydrazine groups is 1. The van der Waals surface area contributed by atoms with Gasteiger partial charge in [-0.25, -0.2) is 15.8 Å². The molecule has 0 amide bonds. The normalized spacial score (nSPS) is 29.0. The Hall–Kier alpha value is -1.60. The van der Waals surface area contributed by atoms with Crippen molar-refractivity contribution in [1.82, 2.24) is 14.9 Å². The number of nitrogens with one attached hydrogen (secondary N) is 2. The Balaban J connectivity index is 1.75. The predicted octanol–water partition coefficient (Wildman–Crippen LogP) is 1.20. The molecule has 2 atom stereocenters. The second kappa shape index (κ2) is 6.03. The highest BCUT2D eigenvalue weighted by atomic mass is 16.5. The zero-order valence-electron chi connectivity index (χ0n) is 12.7. The van der Waals surface area contributed by atoms with Gasteiger partial charge in [-0.15, -0.1) is 0 Å². The average molecular weight is 292 g/mol. The van der Waals surface area contributed by atoms with Crippen LogP contribution in [-0.4, -0.2) is 47.2 Å². The van der Waals surface area contributed by atoms with Crippen LogP contribution >= 0.6 is 0 Å². The maximum atomic E-state index is 5.47. The van der Waals surface area contributed by atoms with Gasteiger partial charge in [-0.1, -0.05) is 6.42 Å². The number of piperidine rings is 2. The van der Waals surface area contributed by atoms with Crippen molar-refractivity contribution in [3.8, 4) is 5.75 Å². The summed E-state index contributed by atoms with van der Waals surface area (Å²) in [6.45, 7) is 0. The summed E-state index contributed by atoms with van der Waals surface area (Å²) in [5.41, 5.74) is 2.55. The summed E-state index contributed by atoms with van der Waals surface area (Å²) in [4.78, 5) is 10.9. The first kappa shape index (κ1) is 14.3. The van der Waals surface area contributed by atoms with Crippen LogP contribution in [0.25, 0.3) is 0 Å². The van der Waals surface area contributed by atoms with Gasteiger partial charge in [0.05, 0.1) is 7.11 Å². The summed E-state index contributed by atoms with van der Waals surface area (Å²) in [5.74, 6) is 7.26. The zero-order valence-corrected chi connectivity index (χ0v) is 12.7. The van der Waals surface area contributed by atoms with Crippen molar-refractivity contribution >= 4 is 11.6 Å². The molecular formula is C14H24N6O. The number of hydrogen-bond acceptors (Lipinski definition) is 7. The lowest BCUT2D eigenvalue weighted by Gasteiger charge is -2.47. The summed E-state index contributed by atoms with van der Waals surface area (Å²) in [5, 5.41) is 3.53. The third-order valence-electron chi connectivity index (χ3n) is 4.83. The number of nitrogens with two attached hydrogens (primary N) is 1. The van der Waals surface area contributed by atoms with Crippen LogP contribution in [0.2, 0.25) is 0 Å². The van der Waals surface area contributed by atoms with Crippen molar-refractivity contribution < 1.29 is 4.74 Å². The van der Waals surface area contributed by atoms with Gasteiger partial charge in [0.25, 0.3) is 0 Å². The highest BCUT2D eigenvalue weighted by Gasteiger charge is 2.36. The Bertz CT molecular complexity index is 482. The molecule has 3 heterocycles. The van der Waals surface area contributed by atoms with E-state index in [2.05, 4.69) is 32.7 Å². The number of aromatic nitrogens is 2. The molecule has 2 fully saturated rings. The molecule has 7 nitrogen and oxygen atoms in total. The molecule has 0 radical (unpaired) electrons. The van der Waals surface area contributed by atoms with Gasteiger partial charge in [-0.3, -0.25) is 0 Å². The molecule has 2 unspecified atom stereocenters. The Morgan fingerprint density at radius 2 is 1.90 bits per heavy atom. The molecule has 3 rings (SSSR count). The van der Waals surface area contributed by atoms with Gasteiger partial charge in [-0.05, 0) is 32.7 Å². The number of anilines is 2. The van der Waals surface area contributed by atoms with Crippen LogP contribution in [0.4, 0.5) is 11.6 Å². The molecule has 0 aromatic carbocycles. The van der Waals surface area contributed by atoms with Gasteiger partial charge in [0.15, 0.2) is 11.6 Å². The smallest absolute Gasteiger partial charge is 0.205 e. The van der Waals surface area contributed by atoms with E-state index in [-0.39, 0.29) is 0 Å². The molecule has 1 aromatic heterocycles. The minimum atomic E-state index is 0.422. The van der Waals surface area contributed by atoms with Crippen molar-refractivity contribution in [2.24, 2.45) is 5.84 Å². The van der Waals surface area contributed by atoms with Crippen LogP contribution < -0.4 is 21.3 Å². The van der Waals surface area contributed by atoms with E-state index in [1.165, 1.54) is 25.6 Å². The minimum Gasteiger partial charge on any atom is -0.490 e. The van der Waals surface area contributed by atoms with Gasteiger partial charge in [-0.2, -0.15) is 0 Å². The summed E-state index contributed by atoms with van der Waals surface area (Å²) >= 11 is 0. The molecule has 0 saturated carbocycles. The zero-order chi connectivity index (χ0) is 14.8. The summed E-state index contributed by atoms with van der Waals surface area (Å²) < 4.78 is 5.38. The maximum Gasteiger partial charge on any atom is 0.205 e. The first-order valence-electron chi connectivity index (χ1n) is 7.57. The van der Waals surface area contributed by atoms with Crippen LogP contribution in [0.5, 0.6) is 5.75 Å². The van der Waals surface area contributed by atoms with Crippen LogP contribution in [0.1, 0.15) is 32.1 Å². The predicted molar refractivity (Wildman–Crippen MR) is 82.2 cm³/mol. The van der Waals surface area contributed by atoms with Gasteiger partial charge in [0.2, 0.25) is 5.75 Å². The molecule has 4 N–H and O–H groups in total. The number of ether oxygens (including phenoxy) is 1. The fraction of sp³-hybridized carbons (Fsp3) is 0.714. The van der Waals surface area contributed by atoms with Crippen LogP contribution in [0, 0.1) is 0 Å². The van der Waals surface area contributed by atoms with Crippen LogP contribution in [0.15, 0.2) is 6.33 Å². The monoisotopic (exact) mass is 292 g/mol. The number of rotatable bonds is 4. The Labute approximate surface area is 125 Å². The Morgan fingerprint density at radius 3 is 2.52 bits per heavy atom. The van der Waals surface area contributed by atoms with E-state index in [1.807, 2.05) is 0 Å². The number of hydrogen-bond donors (Lipinski definition) is 3. The SMILES string of the molecule is COc1c(NN)ncnc1NC1CC2CCCC(C1)N2C. The molecule has 2 saturated heterocycles. The first-order valence-corrected chi connectivity index (χ1v) is 7.57. The van der Waals surface area contributed by atoms with Gasteiger partial charge < -0.3 is 20.4 Å². The standard InChI is InChI=1S/C14H24N6O/c1-20-10-4-3-5-11(20)7-9(6-10)18-13-12(21-2)14(19-15)17-8-16-13/h8-11H,3-7,15H2,1-2H3,(H2,16,17,18,19). The molecule has 2 aliphatic heterocycles. The Kier molecular flexibility index (Phi) is 4.12. The molecule has 1 aromatic rings. The lowest BCUT2D eigenvalue weighted by molar-refractivity contribution is 0.0607. The number of methoxy groups -OCH3 is 1. The van der Waals surface area contributed by atoms with Gasteiger partial charge in [0, 0.05) is 18.1 Å². The second-order valence-electron chi connectivity index (χ2n) is 5.97. The fourth-order valence-corrected chi connectivity index (χ4v) is 3.70. The first-order chi connectivity index (χ1) is 10.2. The summed E-state index contributed by atoms with van der Waals surface area (Å²) in [6, 6.07) is 1.77. The van der Waals surface area contributed by atoms with Crippen molar-refractivity contribution in [2.45, 2.75) is 50.2 Å². The lowest BCUT2D eigenvalue weighted by Crippen LogP contribution is -2.52. The van der Waals surface area contributed by atoms with Crippen molar-refractivity contribution in [1.29, 1.82) is 0 Å².